The molecule has 3 heterocycles. The molecule has 0 bridgehead atoms. The summed E-state index contributed by atoms with van der Waals surface area (Å²) in [7, 11) is 0.840. The number of halogens is 2. The van der Waals surface area contributed by atoms with E-state index >= 15 is 0 Å². The number of hydrogen-bond donors (Lipinski definition) is 0. The van der Waals surface area contributed by atoms with Crippen molar-refractivity contribution in [3.63, 3.8) is 0 Å². The number of hydrogen-bond acceptors (Lipinski definition) is 5. The van der Waals surface area contributed by atoms with Gasteiger partial charge in [0, 0.05) is 29.3 Å². The summed E-state index contributed by atoms with van der Waals surface area (Å²) >= 11 is 3.62. The Hall–Kier alpha value is -2.07. The Bertz CT molecular complexity index is 1330. The molecule has 182 valence electrons. The van der Waals surface area contributed by atoms with Crippen LogP contribution in [0, 0.1) is 9.39 Å². The topological polar surface area (TPSA) is 57.5 Å². The smallest absolute Gasteiger partial charge is 0.348 e. The molecule has 2 aliphatic heterocycles. The maximum absolute atomic E-state index is 13.8. The summed E-state index contributed by atoms with van der Waals surface area (Å²) in [6.45, 7) is 1.82. The van der Waals surface area contributed by atoms with Crippen LogP contribution in [0.25, 0.3) is 0 Å². The third-order valence-electron chi connectivity index (χ3n) is 6.25. The summed E-state index contributed by atoms with van der Waals surface area (Å²) < 4.78 is 30.1. The highest BCUT2D eigenvalue weighted by Gasteiger charge is 2.43. The lowest BCUT2D eigenvalue weighted by molar-refractivity contribution is 0.0606. The zero-order valence-corrected chi connectivity index (χ0v) is 23.3. The summed E-state index contributed by atoms with van der Waals surface area (Å²) in [4.78, 5) is 18.0. The van der Waals surface area contributed by atoms with Crippen LogP contribution in [0.5, 0.6) is 0 Å². The van der Waals surface area contributed by atoms with Crippen molar-refractivity contribution in [2.24, 2.45) is 9.74 Å². The molecule has 1 fully saturated rings. The van der Waals surface area contributed by atoms with Gasteiger partial charge in [0.1, 0.15) is 21.5 Å². The molecule has 1 atom stereocenters. The summed E-state index contributed by atoms with van der Waals surface area (Å²) in [6.07, 6.45) is 3.36. The van der Waals surface area contributed by atoms with Gasteiger partial charge in [0.15, 0.2) is 7.36 Å². The molecule has 5 rings (SSSR count). The molecule has 35 heavy (non-hydrogen) atoms. The second kappa shape index (κ2) is 10.1. The molecule has 10 heteroatoms. The van der Waals surface area contributed by atoms with Gasteiger partial charge in [-0.25, -0.2) is 23.6 Å². The summed E-state index contributed by atoms with van der Waals surface area (Å²) in [5, 5.41) is 1.73. The van der Waals surface area contributed by atoms with E-state index < -0.39 is 7.36 Å². The van der Waals surface area contributed by atoms with Crippen LogP contribution in [-0.4, -0.2) is 48.4 Å². The minimum absolute atomic E-state index is 0.293. The van der Waals surface area contributed by atoms with Crippen molar-refractivity contribution in [1.82, 2.24) is 9.34 Å². The van der Waals surface area contributed by atoms with E-state index in [-0.39, 0.29) is 11.8 Å². The fraction of sp³-hybridized carbons (Fsp3) is 0.280. The van der Waals surface area contributed by atoms with Gasteiger partial charge in [-0.1, -0.05) is 6.42 Å². The average Bonchev–Trinajstić information content (AvgIpc) is 3.32. The monoisotopic (exact) mass is 622 g/mol. The molecule has 0 aliphatic carbocycles. The predicted molar refractivity (Wildman–Crippen MR) is 149 cm³/mol. The molecule has 0 amide bonds. The van der Waals surface area contributed by atoms with Crippen LogP contribution in [-0.2, 0) is 4.74 Å². The zero-order chi connectivity index (χ0) is 24.6. The van der Waals surface area contributed by atoms with Crippen molar-refractivity contribution >= 4 is 69.1 Å². The van der Waals surface area contributed by atoms with E-state index in [4.69, 9.17) is 14.5 Å². The molecule has 0 saturated carbocycles. The number of carbonyl (C=O) groups is 1. The summed E-state index contributed by atoms with van der Waals surface area (Å²) in [6, 6.07) is 16.5. The number of amidine groups is 1. The van der Waals surface area contributed by atoms with Crippen LogP contribution in [0.3, 0.4) is 0 Å². The number of esters is 1. The number of nitrogens with zero attached hydrogens (tertiary/aromatic N) is 4. The summed E-state index contributed by atoms with van der Waals surface area (Å²) in [5.41, 5.74) is 1.69. The highest BCUT2D eigenvalue weighted by molar-refractivity contribution is 14.1. The van der Waals surface area contributed by atoms with E-state index in [9.17, 15) is 9.18 Å². The number of piperidine rings is 1. The van der Waals surface area contributed by atoms with Crippen molar-refractivity contribution < 1.29 is 13.9 Å². The molecular formula is C25H25FIN4O2PS. The van der Waals surface area contributed by atoms with Gasteiger partial charge in [0.25, 0.3) is 0 Å². The second-order valence-corrected chi connectivity index (χ2v) is 13.7. The third kappa shape index (κ3) is 4.59. The maximum Gasteiger partial charge on any atom is 0.348 e. The van der Waals surface area contributed by atoms with E-state index in [1.54, 1.807) is 12.1 Å². The first-order valence-corrected chi connectivity index (χ1v) is 14.9. The van der Waals surface area contributed by atoms with E-state index in [0.717, 1.165) is 56.9 Å². The molecule has 0 spiro atoms. The number of benzene rings is 2. The number of carbonyl (C=O) groups excluding carboxylic acids is 1. The van der Waals surface area contributed by atoms with Gasteiger partial charge in [-0.15, -0.1) is 11.3 Å². The molecule has 0 N–H and O–H groups in total. The lowest BCUT2D eigenvalue weighted by Crippen LogP contribution is -2.42. The van der Waals surface area contributed by atoms with Crippen molar-refractivity contribution in [2.45, 2.75) is 19.3 Å². The van der Waals surface area contributed by atoms with Gasteiger partial charge >= 0.3 is 5.97 Å². The quantitative estimate of drug-likeness (QED) is 0.183. The molecule has 6 nitrogen and oxygen atoms in total. The SMILES string of the molecule is COC(=O)c1cc2c(s1)N=C(c1ccc(F)cc1)N(C)P2(=Nc1ccc(I)cc1)N1CCCCC1. The zero-order valence-electron chi connectivity index (χ0n) is 19.4. The van der Waals surface area contributed by atoms with E-state index in [0.29, 0.717) is 4.88 Å². The van der Waals surface area contributed by atoms with Gasteiger partial charge in [0.2, 0.25) is 0 Å². The number of rotatable bonds is 4. The average molecular weight is 622 g/mol. The van der Waals surface area contributed by atoms with Crippen LogP contribution in [0.15, 0.2) is 64.3 Å². The highest BCUT2D eigenvalue weighted by atomic mass is 127. The Labute approximate surface area is 222 Å². The van der Waals surface area contributed by atoms with Crippen molar-refractivity contribution in [3.8, 4) is 0 Å². The van der Waals surface area contributed by atoms with Gasteiger partial charge in [0.05, 0.1) is 18.1 Å². The van der Waals surface area contributed by atoms with Gasteiger partial charge in [-0.2, -0.15) is 0 Å². The Morgan fingerprint density at radius 3 is 2.46 bits per heavy atom. The maximum atomic E-state index is 13.8. The van der Waals surface area contributed by atoms with Crippen LogP contribution < -0.4 is 5.30 Å². The Balaban J connectivity index is 1.80. The molecule has 1 unspecified atom stereocenters. The lowest BCUT2D eigenvalue weighted by Gasteiger charge is -2.46. The van der Waals surface area contributed by atoms with E-state index in [2.05, 4.69) is 44.1 Å². The highest BCUT2D eigenvalue weighted by Crippen LogP contribution is 2.62. The fourth-order valence-electron chi connectivity index (χ4n) is 4.53. The number of methoxy groups -OCH3 is 1. The van der Waals surface area contributed by atoms with Crippen LogP contribution in [0.4, 0.5) is 15.1 Å². The van der Waals surface area contributed by atoms with E-state index in [1.807, 2.05) is 25.2 Å². The van der Waals surface area contributed by atoms with E-state index in [1.165, 1.54) is 37.0 Å². The molecule has 0 radical (unpaired) electrons. The number of aliphatic imine (C=N–C) groups is 1. The van der Waals surface area contributed by atoms with Crippen LogP contribution in [0.2, 0.25) is 0 Å². The van der Waals surface area contributed by atoms with Crippen molar-refractivity contribution in [1.29, 1.82) is 0 Å². The van der Waals surface area contributed by atoms with Crippen molar-refractivity contribution in [3.05, 3.63) is 74.4 Å². The molecule has 2 aromatic carbocycles. The number of ether oxygens (including phenoxy) is 1. The minimum atomic E-state index is -2.58. The number of thiophene rings is 1. The molecule has 3 aromatic rings. The third-order valence-corrected chi connectivity index (χ3v) is 11.8. The standard InChI is InChI=1S/C25H25FIN4O2PS/c1-30-23(17-6-8-18(26)9-7-17)28-24-21(16-22(35-24)25(32)33-2)34(30,31-14-4-3-5-15-31)29-20-12-10-19(27)11-13-20/h6-13,16H,3-5,14-15H2,1-2H3. The fourth-order valence-corrected chi connectivity index (χ4v) is 10.0. The predicted octanol–water partition coefficient (Wildman–Crippen LogP) is 6.78. The normalized spacial score (nSPS) is 20.2. The minimum Gasteiger partial charge on any atom is -0.465 e. The largest absolute Gasteiger partial charge is 0.465 e. The molecule has 1 aromatic heterocycles. The Kier molecular flexibility index (Phi) is 7.12. The Morgan fingerprint density at radius 1 is 1.11 bits per heavy atom. The van der Waals surface area contributed by atoms with Crippen LogP contribution in [0.1, 0.15) is 34.5 Å². The second-order valence-electron chi connectivity index (χ2n) is 8.42. The summed E-state index contributed by atoms with van der Waals surface area (Å²) in [5.74, 6) is 0.0544. The van der Waals surface area contributed by atoms with Crippen molar-refractivity contribution in [2.75, 3.05) is 27.2 Å². The van der Waals surface area contributed by atoms with Gasteiger partial charge in [-0.05, 0) is 90.0 Å². The first-order chi connectivity index (χ1) is 16.9. The van der Waals surface area contributed by atoms with Crippen LogP contribution >= 0.6 is 41.3 Å². The first kappa shape index (κ1) is 24.6. The van der Waals surface area contributed by atoms with Gasteiger partial charge < -0.3 is 9.41 Å². The Morgan fingerprint density at radius 2 is 1.80 bits per heavy atom. The lowest BCUT2D eigenvalue weighted by atomic mass is 10.2. The molecular weight excluding hydrogens is 597 g/mol. The van der Waals surface area contributed by atoms with Gasteiger partial charge in [-0.3, -0.25) is 0 Å². The number of fused-ring (bicyclic) bond motifs is 1. The molecule has 2 aliphatic rings. The first-order valence-electron chi connectivity index (χ1n) is 11.4. The molecule has 1 saturated heterocycles.